The fraction of sp³-hybridized carbons (Fsp3) is 0.375. The molecule has 1 atom stereocenters. The highest BCUT2D eigenvalue weighted by Crippen LogP contribution is 2.32. The van der Waals surface area contributed by atoms with Crippen molar-refractivity contribution < 1.29 is 9.21 Å². The molecular formula is C16H18N2O2S. The number of furan rings is 1. The zero-order valence-electron chi connectivity index (χ0n) is 12.2. The van der Waals surface area contributed by atoms with E-state index in [1.54, 1.807) is 11.3 Å². The summed E-state index contributed by atoms with van der Waals surface area (Å²) in [6.07, 6.45) is 4.75. The summed E-state index contributed by atoms with van der Waals surface area (Å²) in [5.41, 5.74) is 4.56. The van der Waals surface area contributed by atoms with Crippen molar-refractivity contribution in [2.24, 2.45) is 11.0 Å². The van der Waals surface area contributed by atoms with Crippen molar-refractivity contribution in [3.05, 3.63) is 45.0 Å². The lowest BCUT2D eigenvalue weighted by Crippen LogP contribution is -2.20. The van der Waals surface area contributed by atoms with Crippen LogP contribution in [0, 0.1) is 12.8 Å². The van der Waals surface area contributed by atoms with Gasteiger partial charge in [0.05, 0.1) is 11.8 Å². The Morgan fingerprint density at radius 1 is 1.52 bits per heavy atom. The van der Waals surface area contributed by atoms with E-state index in [0.717, 1.165) is 30.6 Å². The number of hydrogen-bond donors (Lipinski definition) is 1. The number of fused-ring (bicyclic) bond motifs is 1. The fourth-order valence-electron chi connectivity index (χ4n) is 2.61. The predicted molar refractivity (Wildman–Crippen MR) is 84.0 cm³/mol. The van der Waals surface area contributed by atoms with Crippen molar-refractivity contribution in [2.45, 2.75) is 33.1 Å². The lowest BCUT2D eigenvalue weighted by molar-refractivity contribution is 0.0954. The third-order valence-electron chi connectivity index (χ3n) is 3.77. The maximum Gasteiger partial charge on any atom is 0.272 e. The molecule has 1 amide bonds. The van der Waals surface area contributed by atoms with Crippen LogP contribution in [0.2, 0.25) is 0 Å². The van der Waals surface area contributed by atoms with Crippen LogP contribution in [0.15, 0.2) is 27.0 Å². The van der Waals surface area contributed by atoms with E-state index in [-0.39, 0.29) is 5.91 Å². The van der Waals surface area contributed by atoms with Gasteiger partial charge in [0.2, 0.25) is 0 Å². The van der Waals surface area contributed by atoms with E-state index < -0.39 is 0 Å². The Hall–Kier alpha value is -1.88. The van der Waals surface area contributed by atoms with E-state index in [2.05, 4.69) is 17.5 Å². The van der Waals surface area contributed by atoms with Gasteiger partial charge in [0.15, 0.2) is 0 Å². The van der Waals surface area contributed by atoms with Crippen molar-refractivity contribution in [3.8, 4) is 0 Å². The van der Waals surface area contributed by atoms with Gasteiger partial charge in [-0.25, -0.2) is 5.43 Å². The minimum absolute atomic E-state index is 0.137. The first-order chi connectivity index (χ1) is 10.1. The largest absolute Gasteiger partial charge is 0.460 e. The molecular weight excluding hydrogens is 284 g/mol. The SMILES string of the molecule is Cc1ccc(/C=N/NC(=O)c2csc3c2CCC(C)C3)o1. The summed E-state index contributed by atoms with van der Waals surface area (Å²) in [5, 5.41) is 5.91. The third kappa shape index (κ3) is 3.08. The number of nitrogens with one attached hydrogen (secondary N) is 1. The number of nitrogens with zero attached hydrogens (tertiary/aromatic N) is 1. The molecule has 110 valence electrons. The molecule has 0 fully saturated rings. The van der Waals surface area contributed by atoms with Crippen LogP contribution in [0.1, 0.15) is 45.7 Å². The minimum atomic E-state index is -0.137. The van der Waals surface area contributed by atoms with Gasteiger partial charge in [-0.1, -0.05) is 6.92 Å². The molecule has 0 aromatic carbocycles. The highest BCUT2D eigenvalue weighted by Gasteiger charge is 2.22. The average molecular weight is 302 g/mol. The lowest BCUT2D eigenvalue weighted by atomic mass is 9.88. The molecule has 0 saturated heterocycles. The zero-order chi connectivity index (χ0) is 14.8. The van der Waals surface area contributed by atoms with E-state index in [9.17, 15) is 4.79 Å². The number of thiophene rings is 1. The molecule has 0 radical (unpaired) electrons. The van der Waals surface area contributed by atoms with Crippen LogP contribution in [0.4, 0.5) is 0 Å². The molecule has 21 heavy (non-hydrogen) atoms. The second-order valence-electron chi connectivity index (χ2n) is 5.55. The summed E-state index contributed by atoms with van der Waals surface area (Å²) >= 11 is 1.69. The van der Waals surface area contributed by atoms with Gasteiger partial charge in [-0.2, -0.15) is 5.10 Å². The molecule has 0 aliphatic heterocycles. The molecule has 2 aromatic rings. The number of rotatable bonds is 3. The lowest BCUT2D eigenvalue weighted by Gasteiger charge is -2.18. The van der Waals surface area contributed by atoms with Gasteiger partial charge in [0.1, 0.15) is 11.5 Å². The monoisotopic (exact) mass is 302 g/mol. The van der Waals surface area contributed by atoms with Crippen LogP contribution < -0.4 is 5.43 Å². The molecule has 0 spiro atoms. The number of hydrogen-bond acceptors (Lipinski definition) is 4. The Balaban J connectivity index is 1.67. The van der Waals surface area contributed by atoms with Crippen molar-refractivity contribution in [3.63, 3.8) is 0 Å². The Morgan fingerprint density at radius 3 is 3.14 bits per heavy atom. The number of carbonyl (C=O) groups excluding carboxylic acids is 1. The fourth-order valence-corrected chi connectivity index (χ4v) is 3.85. The Morgan fingerprint density at radius 2 is 2.38 bits per heavy atom. The van der Waals surface area contributed by atoms with Crippen LogP contribution in [0.3, 0.4) is 0 Å². The summed E-state index contributed by atoms with van der Waals surface area (Å²) in [7, 11) is 0. The van der Waals surface area contributed by atoms with Crippen LogP contribution in [-0.4, -0.2) is 12.1 Å². The van der Waals surface area contributed by atoms with Crippen molar-refractivity contribution >= 4 is 23.5 Å². The average Bonchev–Trinajstić information content (AvgIpc) is 3.04. The second kappa shape index (κ2) is 5.85. The van der Waals surface area contributed by atoms with Crippen LogP contribution in [0.25, 0.3) is 0 Å². The first-order valence-corrected chi connectivity index (χ1v) is 8.00. The quantitative estimate of drug-likeness (QED) is 0.696. The van der Waals surface area contributed by atoms with E-state index >= 15 is 0 Å². The van der Waals surface area contributed by atoms with Crippen molar-refractivity contribution in [2.75, 3.05) is 0 Å². The summed E-state index contributed by atoms with van der Waals surface area (Å²) in [4.78, 5) is 13.6. The smallest absolute Gasteiger partial charge is 0.272 e. The molecule has 1 aliphatic carbocycles. The molecule has 3 rings (SSSR count). The summed E-state index contributed by atoms with van der Waals surface area (Å²) in [5.74, 6) is 2.03. The zero-order valence-corrected chi connectivity index (χ0v) is 13.0. The summed E-state index contributed by atoms with van der Waals surface area (Å²) in [6, 6.07) is 3.68. The molecule has 1 unspecified atom stereocenters. The first-order valence-electron chi connectivity index (χ1n) is 7.12. The van der Waals surface area contributed by atoms with Crippen LogP contribution in [0.5, 0.6) is 0 Å². The predicted octanol–water partition coefficient (Wildman–Crippen LogP) is 3.54. The van der Waals surface area contributed by atoms with Gasteiger partial charge in [-0.15, -0.1) is 11.3 Å². The molecule has 0 bridgehead atoms. The third-order valence-corrected chi connectivity index (χ3v) is 4.82. The van der Waals surface area contributed by atoms with E-state index in [1.165, 1.54) is 16.7 Å². The van der Waals surface area contributed by atoms with Crippen molar-refractivity contribution in [1.29, 1.82) is 0 Å². The van der Waals surface area contributed by atoms with E-state index in [1.807, 2.05) is 24.4 Å². The molecule has 4 nitrogen and oxygen atoms in total. The van der Waals surface area contributed by atoms with Crippen molar-refractivity contribution in [1.82, 2.24) is 5.43 Å². The van der Waals surface area contributed by atoms with Gasteiger partial charge >= 0.3 is 0 Å². The normalized spacial score (nSPS) is 17.9. The minimum Gasteiger partial charge on any atom is -0.460 e. The molecule has 2 aromatic heterocycles. The molecule has 1 aliphatic rings. The van der Waals surface area contributed by atoms with Gasteiger partial charge in [-0.05, 0) is 49.8 Å². The Kier molecular flexibility index (Phi) is 3.92. The van der Waals surface area contributed by atoms with Gasteiger partial charge in [-0.3, -0.25) is 4.79 Å². The Labute approximate surface area is 127 Å². The summed E-state index contributed by atoms with van der Waals surface area (Å²) in [6.45, 7) is 4.13. The van der Waals surface area contributed by atoms with Crippen LogP contribution in [-0.2, 0) is 12.8 Å². The Bertz CT molecular complexity index is 684. The molecule has 1 N–H and O–H groups in total. The highest BCUT2D eigenvalue weighted by molar-refractivity contribution is 7.10. The summed E-state index contributed by atoms with van der Waals surface area (Å²) < 4.78 is 5.36. The van der Waals surface area contributed by atoms with Gasteiger partial charge < -0.3 is 4.42 Å². The van der Waals surface area contributed by atoms with Gasteiger partial charge in [0, 0.05) is 10.3 Å². The topological polar surface area (TPSA) is 54.6 Å². The maximum atomic E-state index is 12.2. The maximum absolute atomic E-state index is 12.2. The second-order valence-corrected chi connectivity index (χ2v) is 6.51. The van der Waals surface area contributed by atoms with Crippen LogP contribution >= 0.6 is 11.3 Å². The van der Waals surface area contributed by atoms with E-state index in [4.69, 9.17) is 4.42 Å². The first kappa shape index (κ1) is 14.1. The number of amides is 1. The molecule has 2 heterocycles. The standard InChI is InChI=1S/C16H18N2O2S/c1-10-3-6-13-14(9-21-15(13)7-10)16(19)18-17-8-12-5-4-11(2)20-12/h4-5,8-10H,3,6-7H2,1-2H3,(H,18,19)/b17-8+. The molecule has 5 heteroatoms. The molecule has 0 saturated carbocycles. The number of hydrazone groups is 1. The van der Waals surface area contributed by atoms with E-state index in [0.29, 0.717) is 11.7 Å². The number of aryl methyl sites for hydroxylation is 1. The number of carbonyl (C=O) groups is 1. The highest BCUT2D eigenvalue weighted by atomic mass is 32.1. The van der Waals surface area contributed by atoms with Gasteiger partial charge in [0.25, 0.3) is 5.91 Å².